The number of hydrogen-bond acceptors (Lipinski definition) is 3. The fourth-order valence-electron chi connectivity index (χ4n) is 2.23. The summed E-state index contributed by atoms with van der Waals surface area (Å²) in [6.45, 7) is 3.61. The van der Waals surface area contributed by atoms with Crippen LogP contribution in [0.5, 0.6) is 0 Å². The minimum Gasteiger partial charge on any atom is -0.481 e. The average molecular weight is 289 g/mol. The number of aromatic nitrogens is 2. The topological polar surface area (TPSA) is 84.2 Å². The van der Waals surface area contributed by atoms with Gasteiger partial charge in [0, 0.05) is 24.4 Å². The summed E-state index contributed by atoms with van der Waals surface area (Å²) >= 11 is 0. The number of para-hydroxylation sites is 1. The van der Waals surface area contributed by atoms with Crippen molar-refractivity contribution in [1.82, 2.24) is 15.1 Å². The van der Waals surface area contributed by atoms with Crippen LogP contribution in [0, 0.1) is 0 Å². The van der Waals surface area contributed by atoms with Crippen molar-refractivity contribution >= 4 is 22.8 Å². The number of carboxylic acid groups (broad SMARTS) is 1. The van der Waals surface area contributed by atoms with Gasteiger partial charge in [0.2, 0.25) is 0 Å². The highest BCUT2D eigenvalue weighted by Gasteiger charge is 2.24. The fourth-order valence-corrected chi connectivity index (χ4v) is 2.23. The quantitative estimate of drug-likeness (QED) is 0.881. The molecule has 1 aromatic carbocycles. The summed E-state index contributed by atoms with van der Waals surface area (Å²) < 4.78 is 1.66. The van der Waals surface area contributed by atoms with Gasteiger partial charge in [0.05, 0.1) is 5.52 Å². The standard InChI is InChI=1S/C15H19N3O3/c1-15(2,9-8-12(19)20)16-14(21)13-10-6-4-5-7-11(10)18(3)17-13/h4-7H,8-9H2,1-3H3,(H,16,21)(H,19,20). The summed E-state index contributed by atoms with van der Waals surface area (Å²) in [4.78, 5) is 23.0. The van der Waals surface area contributed by atoms with Gasteiger partial charge in [0.25, 0.3) is 5.91 Å². The Hall–Kier alpha value is -2.37. The fraction of sp³-hybridized carbons (Fsp3) is 0.400. The number of hydrogen-bond donors (Lipinski definition) is 2. The van der Waals surface area contributed by atoms with Gasteiger partial charge >= 0.3 is 5.97 Å². The van der Waals surface area contributed by atoms with Gasteiger partial charge in [-0.2, -0.15) is 5.10 Å². The maximum Gasteiger partial charge on any atom is 0.303 e. The monoisotopic (exact) mass is 289 g/mol. The zero-order chi connectivity index (χ0) is 15.6. The first-order valence-corrected chi connectivity index (χ1v) is 6.76. The van der Waals surface area contributed by atoms with Gasteiger partial charge in [-0.25, -0.2) is 0 Å². The van der Waals surface area contributed by atoms with E-state index in [9.17, 15) is 9.59 Å². The van der Waals surface area contributed by atoms with Crippen LogP contribution in [0.3, 0.4) is 0 Å². The zero-order valence-corrected chi connectivity index (χ0v) is 12.4. The van der Waals surface area contributed by atoms with E-state index in [1.165, 1.54) is 0 Å². The van der Waals surface area contributed by atoms with Crippen molar-refractivity contribution in [2.75, 3.05) is 0 Å². The molecule has 0 saturated heterocycles. The Labute approximate surface area is 122 Å². The predicted molar refractivity (Wildman–Crippen MR) is 79.1 cm³/mol. The second kappa shape index (κ2) is 5.55. The van der Waals surface area contributed by atoms with Crippen molar-refractivity contribution < 1.29 is 14.7 Å². The molecule has 0 radical (unpaired) electrons. The minimum absolute atomic E-state index is 0.0102. The van der Waals surface area contributed by atoms with Gasteiger partial charge in [-0.15, -0.1) is 0 Å². The molecule has 0 aliphatic carbocycles. The van der Waals surface area contributed by atoms with Crippen molar-refractivity contribution in [2.45, 2.75) is 32.2 Å². The lowest BCUT2D eigenvalue weighted by Crippen LogP contribution is -2.44. The molecule has 0 atom stereocenters. The number of carbonyl (C=O) groups excluding carboxylic acids is 1. The van der Waals surface area contributed by atoms with E-state index < -0.39 is 11.5 Å². The van der Waals surface area contributed by atoms with Crippen molar-refractivity contribution in [2.24, 2.45) is 7.05 Å². The summed E-state index contributed by atoms with van der Waals surface area (Å²) in [5, 5.41) is 16.6. The van der Waals surface area contributed by atoms with Crippen LogP contribution >= 0.6 is 0 Å². The number of nitrogens with one attached hydrogen (secondary N) is 1. The molecule has 21 heavy (non-hydrogen) atoms. The Kier molecular flexibility index (Phi) is 3.97. The first-order valence-electron chi connectivity index (χ1n) is 6.76. The smallest absolute Gasteiger partial charge is 0.303 e. The van der Waals surface area contributed by atoms with Crippen LogP contribution in [-0.4, -0.2) is 32.3 Å². The molecule has 112 valence electrons. The lowest BCUT2D eigenvalue weighted by atomic mass is 9.98. The molecular formula is C15H19N3O3. The van der Waals surface area contributed by atoms with Crippen LogP contribution in [0.1, 0.15) is 37.2 Å². The van der Waals surface area contributed by atoms with E-state index in [2.05, 4.69) is 10.4 Å². The van der Waals surface area contributed by atoms with Gasteiger partial charge in [-0.05, 0) is 26.3 Å². The summed E-state index contributed by atoms with van der Waals surface area (Å²) in [5.74, 6) is -1.16. The highest BCUT2D eigenvalue weighted by molar-refractivity contribution is 6.05. The molecule has 1 aromatic heterocycles. The molecule has 2 N–H and O–H groups in total. The van der Waals surface area contributed by atoms with E-state index in [0.717, 1.165) is 10.9 Å². The molecule has 1 amide bonds. The molecule has 2 aromatic rings. The van der Waals surface area contributed by atoms with Crippen LogP contribution < -0.4 is 5.32 Å². The van der Waals surface area contributed by atoms with E-state index in [4.69, 9.17) is 5.11 Å². The summed E-state index contributed by atoms with van der Waals surface area (Å²) in [5.41, 5.74) is 0.635. The molecule has 0 aliphatic rings. The van der Waals surface area contributed by atoms with Crippen molar-refractivity contribution in [3.8, 4) is 0 Å². The Bertz CT molecular complexity index is 689. The van der Waals surface area contributed by atoms with Crippen LogP contribution in [0.4, 0.5) is 0 Å². The number of carbonyl (C=O) groups is 2. The Balaban J connectivity index is 2.21. The summed E-state index contributed by atoms with van der Waals surface area (Å²) in [7, 11) is 1.79. The van der Waals surface area contributed by atoms with E-state index in [0.29, 0.717) is 12.1 Å². The van der Waals surface area contributed by atoms with E-state index in [1.807, 2.05) is 24.3 Å². The zero-order valence-electron chi connectivity index (χ0n) is 12.4. The van der Waals surface area contributed by atoms with Crippen LogP contribution in [0.2, 0.25) is 0 Å². The molecule has 0 unspecified atom stereocenters. The number of rotatable bonds is 5. The first-order chi connectivity index (χ1) is 9.80. The third kappa shape index (κ3) is 3.39. The van der Waals surface area contributed by atoms with Gasteiger partial charge in [0.1, 0.15) is 0 Å². The van der Waals surface area contributed by atoms with Gasteiger partial charge < -0.3 is 10.4 Å². The highest BCUT2D eigenvalue weighted by Crippen LogP contribution is 2.19. The third-order valence-corrected chi connectivity index (χ3v) is 3.39. The summed E-state index contributed by atoms with van der Waals surface area (Å²) in [6.07, 6.45) is 0.370. The van der Waals surface area contributed by atoms with Crippen molar-refractivity contribution in [3.05, 3.63) is 30.0 Å². The molecule has 0 bridgehead atoms. The Morgan fingerprint density at radius 3 is 2.67 bits per heavy atom. The maximum atomic E-state index is 12.4. The predicted octanol–water partition coefficient (Wildman–Crippen LogP) is 1.95. The van der Waals surface area contributed by atoms with Gasteiger partial charge in [-0.1, -0.05) is 18.2 Å². The molecule has 0 saturated carbocycles. The van der Waals surface area contributed by atoms with Gasteiger partial charge in [0.15, 0.2) is 5.69 Å². The SMILES string of the molecule is Cn1nc(C(=O)NC(C)(C)CCC(=O)O)c2ccccc21. The minimum atomic E-state index is -0.874. The van der Waals surface area contributed by atoms with E-state index >= 15 is 0 Å². The third-order valence-electron chi connectivity index (χ3n) is 3.39. The number of amides is 1. The maximum absolute atomic E-state index is 12.4. The average Bonchev–Trinajstić information content (AvgIpc) is 2.74. The Morgan fingerprint density at radius 1 is 1.33 bits per heavy atom. The van der Waals surface area contributed by atoms with Crippen molar-refractivity contribution in [3.63, 3.8) is 0 Å². The molecule has 0 fully saturated rings. The van der Waals surface area contributed by atoms with E-state index in [-0.39, 0.29) is 12.3 Å². The lowest BCUT2D eigenvalue weighted by Gasteiger charge is -2.25. The summed E-state index contributed by atoms with van der Waals surface area (Å²) in [6, 6.07) is 7.50. The number of benzene rings is 1. The largest absolute Gasteiger partial charge is 0.481 e. The first kappa shape index (κ1) is 15.0. The molecule has 6 heteroatoms. The molecule has 6 nitrogen and oxygen atoms in total. The van der Waals surface area contributed by atoms with Crippen LogP contribution in [-0.2, 0) is 11.8 Å². The van der Waals surface area contributed by atoms with Crippen LogP contribution in [0.15, 0.2) is 24.3 Å². The molecular weight excluding hydrogens is 270 g/mol. The second-order valence-corrected chi connectivity index (χ2v) is 5.72. The molecule has 0 aliphatic heterocycles. The van der Waals surface area contributed by atoms with Crippen molar-refractivity contribution in [1.29, 1.82) is 0 Å². The highest BCUT2D eigenvalue weighted by atomic mass is 16.4. The number of nitrogens with zero attached hydrogens (tertiary/aromatic N) is 2. The molecule has 2 rings (SSSR count). The molecule has 0 spiro atoms. The second-order valence-electron chi connectivity index (χ2n) is 5.72. The number of aryl methyl sites for hydroxylation is 1. The van der Waals surface area contributed by atoms with Crippen LogP contribution in [0.25, 0.3) is 10.9 Å². The normalized spacial score (nSPS) is 11.6. The number of aliphatic carboxylic acids is 1. The number of carboxylic acids is 1. The van der Waals surface area contributed by atoms with Gasteiger partial charge in [-0.3, -0.25) is 14.3 Å². The Morgan fingerprint density at radius 2 is 2.00 bits per heavy atom. The molecule has 1 heterocycles. The van der Waals surface area contributed by atoms with E-state index in [1.54, 1.807) is 25.6 Å². The lowest BCUT2D eigenvalue weighted by molar-refractivity contribution is -0.137. The number of fused-ring (bicyclic) bond motifs is 1.